The van der Waals surface area contributed by atoms with E-state index in [2.05, 4.69) is 46.9 Å². The molecular formula is C39H51BrClLiN6O8S3. The van der Waals surface area contributed by atoms with Gasteiger partial charge in [0.1, 0.15) is 22.2 Å². The molecule has 0 bridgehead atoms. The van der Waals surface area contributed by atoms with Crippen molar-refractivity contribution in [1.29, 1.82) is 0 Å². The van der Waals surface area contributed by atoms with Crippen LogP contribution in [0.2, 0.25) is 0 Å². The number of carbonyl (C=O) groups is 3. The molecule has 14 nitrogen and oxygen atoms in total. The van der Waals surface area contributed by atoms with E-state index in [1.165, 1.54) is 27.6 Å². The second-order valence-electron chi connectivity index (χ2n) is 12.3. The number of carbonyl (C=O) groups excluding carboxylic acids is 2. The Bertz CT molecular complexity index is 2020. The SMILES string of the molecule is C.CC(=O)c1ccc(CBr)s1.CC(=O)c1ccc(CNCc2c(C)noc2C)s1.Cc1noc(C)c1CNCc1ccc(C(=O)O)s1.Cc1noc(C)c1CNCl.[Li+].[OH-]. The fourth-order valence-electron chi connectivity index (χ4n) is 4.84. The fraction of sp³-hybridized carbons (Fsp3) is 0.385. The van der Waals surface area contributed by atoms with Gasteiger partial charge < -0.3 is 34.8 Å². The van der Waals surface area contributed by atoms with E-state index < -0.39 is 5.97 Å². The van der Waals surface area contributed by atoms with Gasteiger partial charge in [-0.05, 0) is 104 Å². The number of alkyl halides is 1. The van der Waals surface area contributed by atoms with Crippen LogP contribution < -0.4 is 34.3 Å². The van der Waals surface area contributed by atoms with Gasteiger partial charge in [-0.25, -0.2) is 9.63 Å². The molecule has 0 spiro atoms. The molecule has 0 atom stereocenters. The molecule has 6 heterocycles. The van der Waals surface area contributed by atoms with Crippen molar-refractivity contribution in [2.24, 2.45) is 0 Å². The van der Waals surface area contributed by atoms with Crippen LogP contribution in [0.4, 0.5) is 0 Å². The fourth-order valence-corrected chi connectivity index (χ4v) is 7.95. The van der Waals surface area contributed by atoms with E-state index in [9.17, 15) is 14.4 Å². The predicted molar refractivity (Wildman–Crippen MR) is 233 cm³/mol. The third-order valence-corrected chi connectivity index (χ3v) is 12.6. The van der Waals surface area contributed by atoms with Gasteiger partial charge in [-0.2, -0.15) is 0 Å². The minimum atomic E-state index is -0.878. The number of ketones is 2. The van der Waals surface area contributed by atoms with Crippen LogP contribution in [0.5, 0.6) is 0 Å². The van der Waals surface area contributed by atoms with Gasteiger partial charge in [-0.15, -0.1) is 34.0 Å². The van der Waals surface area contributed by atoms with Gasteiger partial charge >= 0.3 is 24.8 Å². The molecule has 0 radical (unpaired) electrons. The maximum atomic E-state index is 11.2. The average Bonchev–Trinajstić information content (AvgIpc) is 4.03. The summed E-state index contributed by atoms with van der Waals surface area (Å²) >= 11 is 13.0. The van der Waals surface area contributed by atoms with Crippen LogP contribution in [-0.4, -0.2) is 43.6 Å². The van der Waals surface area contributed by atoms with Crippen LogP contribution >= 0.6 is 61.7 Å². The Kier molecular flexibility index (Phi) is 26.7. The number of aryl methyl sites for hydroxylation is 6. The predicted octanol–water partition coefficient (Wildman–Crippen LogP) is 7.03. The zero-order chi connectivity index (χ0) is 41.4. The molecule has 5 N–H and O–H groups in total. The number of Topliss-reactive ketones (excluding diaryl/α,β-unsaturated/α-hetero) is 2. The summed E-state index contributed by atoms with van der Waals surface area (Å²) in [7, 11) is 0. The zero-order valence-corrected chi connectivity index (χ0v) is 38.7. The van der Waals surface area contributed by atoms with E-state index in [1.54, 1.807) is 31.3 Å². The molecule has 0 fully saturated rings. The molecule has 20 heteroatoms. The third kappa shape index (κ3) is 18.1. The largest absolute Gasteiger partial charge is 1.00 e. The van der Waals surface area contributed by atoms with E-state index in [1.807, 2.05) is 71.9 Å². The number of nitrogens with one attached hydrogen (secondary N) is 3. The van der Waals surface area contributed by atoms with Gasteiger partial charge in [0, 0.05) is 69.4 Å². The first-order chi connectivity index (χ1) is 26.6. The first-order valence-electron chi connectivity index (χ1n) is 17.2. The maximum Gasteiger partial charge on any atom is 1.00 e. The zero-order valence-electron chi connectivity index (χ0n) is 33.9. The molecule has 6 aromatic rings. The Labute approximate surface area is 382 Å². The van der Waals surface area contributed by atoms with Crippen LogP contribution in [0.25, 0.3) is 0 Å². The second kappa shape index (κ2) is 28.3. The van der Waals surface area contributed by atoms with E-state index in [-0.39, 0.29) is 43.3 Å². The quantitative estimate of drug-likeness (QED) is 0.0374. The molecular weight excluding hydrogens is 899 g/mol. The summed E-state index contributed by atoms with van der Waals surface area (Å²) in [5.74, 6) is 1.89. The molecule has 0 aliphatic carbocycles. The van der Waals surface area contributed by atoms with Crippen LogP contribution in [0, 0.1) is 41.5 Å². The van der Waals surface area contributed by atoms with Crippen molar-refractivity contribution in [2.75, 3.05) is 0 Å². The van der Waals surface area contributed by atoms with Gasteiger partial charge in [0.25, 0.3) is 0 Å². The summed E-state index contributed by atoms with van der Waals surface area (Å²) in [6.07, 6.45) is 0. The van der Waals surface area contributed by atoms with E-state index in [0.717, 1.165) is 89.0 Å². The number of rotatable bonds is 14. The number of nitrogens with zero attached hydrogens (tertiary/aromatic N) is 3. The van der Waals surface area contributed by atoms with Crippen molar-refractivity contribution in [1.82, 2.24) is 30.9 Å². The van der Waals surface area contributed by atoms with Crippen LogP contribution in [0.15, 0.2) is 50.0 Å². The molecule has 59 heavy (non-hydrogen) atoms. The van der Waals surface area contributed by atoms with Gasteiger partial charge in [-0.1, -0.05) is 38.8 Å². The summed E-state index contributed by atoms with van der Waals surface area (Å²) < 4.78 is 15.1. The molecule has 0 unspecified atom stereocenters. The van der Waals surface area contributed by atoms with Crippen molar-refractivity contribution in [3.63, 3.8) is 0 Å². The number of halogens is 2. The molecule has 0 aliphatic heterocycles. The monoisotopic (exact) mass is 948 g/mol. The summed E-state index contributed by atoms with van der Waals surface area (Å²) in [6.45, 7) is 18.0. The Balaban J connectivity index is 0.000000774. The minimum absolute atomic E-state index is 0. The Morgan fingerprint density at radius 3 is 1.24 bits per heavy atom. The first-order valence-corrected chi connectivity index (χ1v) is 21.2. The first kappa shape index (κ1) is 55.7. The molecule has 0 amide bonds. The van der Waals surface area contributed by atoms with Gasteiger partial charge in [-0.3, -0.25) is 9.59 Å². The Morgan fingerprint density at radius 2 is 0.966 bits per heavy atom. The van der Waals surface area contributed by atoms with Crippen molar-refractivity contribution < 1.29 is 57.4 Å². The third-order valence-electron chi connectivity index (χ3n) is 8.01. The van der Waals surface area contributed by atoms with Gasteiger partial charge in [0.2, 0.25) is 0 Å². The topological polar surface area (TPSA) is 216 Å². The average molecular weight is 950 g/mol. The summed E-state index contributed by atoms with van der Waals surface area (Å²) in [6, 6.07) is 11.1. The minimum Gasteiger partial charge on any atom is -0.870 e. The molecule has 0 saturated heterocycles. The summed E-state index contributed by atoms with van der Waals surface area (Å²) in [4.78, 5) is 40.6. The van der Waals surface area contributed by atoms with Crippen molar-refractivity contribution in [3.8, 4) is 0 Å². The van der Waals surface area contributed by atoms with E-state index >= 15 is 0 Å². The number of carboxylic acids is 1. The summed E-state index contributed by atoms with van der Waals surface area (Å²) in [5, 5.41) is 27.8. The molecule has 0 saturated carbocycles. The Hall–Kier alpha value is -3.25. The second-order valence-corrected chi connectivity index (χ2v) is 16.6. The normalized spacial score (nSPS) is 10.0. The van der Waals surface area contributed by atoms with Crippen molar-refractivity contribution in [3.05, 3.63) is 117 Å². The molecule has 0 aliphatic rings. The van der Waals surface area contributed by atoms with Gasteiger partial charge in [0.15, 0.2) is 11.6 Å². The number of aromatic nitrogens is 3. The molecule has 318 valence electrons. The number of hydrogen-bond acceptors (Lipinski definition) is 16. The summed E-state index contributed by atoms with van der Waals surface area (Å²) in [5.41, 5.74) is 5.91. The van der Waals surface area contributed by atoms with Gasteiger partial charge in [0.05, 0.1) is 26.8 Å². The van der Waals surface area contributed by atoms with Crippen LogP contribution in [-0.2, 0) is 38.1 Å². The number of aromatic carboxylic acids is 1. The van der Waals surface area contributed by atoms with Crippen molar-refractivity contribution >= 4 is 79.3 Å². The standard InChI is InChI=1S/C13H16N2O2S.C12H14N2O3S.C7H7BrOS.C6H9ClN2O.CH4.Li.H2O/c1-8-12(10(3)17-15-8)7-14-6-11-4-5-13(18-11)9(2)16;1-7-10(8(2)17-14-7)6-13-5-9-3-4-11(18-9)12(15)16;1-5(9)7-3-2-6(4-8)10-7;1-4-6(3-8-7)5(2)10-9-4;;;/h4-5,14H,6-7H2,1-3H3;3-4,13H,5-6H2,1-2H3,(H,15,16);2-3H,4H2,1H3;8H,3H2,1-2H3;1H4;;1H2/q;;;;;+1;/p-1. The smallest absolute Gasteiger partial charge is 0.870 e. The molecule has 6 rings (SSSR count). The molecule has 6 aromatic heterocycles. The van der Waals surface area contributed by atoms with E-state index in [0.29, 0.717) is 24.5 Å². The molecule has 0 aromatic carbocycles. The Morgan fingerprint density at radius 1 is 0.627 bits per heavy atom. The number of hydrogen-bond donors (Lipinski definition) is 4. The maximum absolute atomic E-state index is 11.2. The number of thiophene rings is 3. The number of carboxylic acid groups (broad SMARTS) is 1. The van der Waals surface area contributed by atoms with Crippen LogP contribution in [0.1, 0.15) is 116 Å². The van der Waals surface area contributed by atoms with E-state index in [4.69, 9.17) is 30.5 Å². The van der Waals surface area contributed by atoms with Crippen molar-refractivity contribution in [2.45, 2.75) is 101 Å². The van der Waals surface area contributed by atoms with Crippen LogP contribution in [0.3, 0.4) is 0 Å².